The van der Waals surface area contributed by atoms with Gasteiger partial charge in [-0.05, 0) is 12.0 Å². The number of benzene rings is 1. The second kappa shape index (κ2) is 10.1. The van der Waals surface area contributed by atoms with Gasteiger partial charge in [-0.25, -0.2) is 4.79 Å². The maximum atomic E-state index is 12.7. The first-order chi connectivity index (χ1) is 12.9. The first-order valence-electron chi connectivity index (χ1n) is 9.79. The summed E-state index contributed by atoms with van der Waals surface area (Å²) < 4.78 is 28.1. The summed E-state index contributed by atoms with van der Waals surface area (Å²) in [6.07, 6.45) is 1.84. The quantitative estimate of drug-likeness (QED) is 0.733. The fourth-order valence-electron chi connectivity index (χ4n) is 3.37. The van der Waals surface area contributed by atoms with Gasteiger partial charge in [0.05, 0.1) is 6.04 Å². The van der Waals surface area contributed by atoms with Gasteiger partial charge in [0.2, 0.25) is 0 Å². The van der Waals surface area contributed by atoms with Crippen LogP contribution < -0.4 is 5.32 Å². The number of amides is 2. The van der Waals surface area contributed by atoms with E-state index in [1.54, 1.807) is 4.90 Å². The molecule has 2 rings (SSSR count). The Morgan fingerprint density at radius 2 is 1.67 bits per heavy atom. The van der Waals surface area contributed by atoms with Crippen molar-refractivity contribution in [3.8, 4) is 0 Å². The molecule has 0 saturated carbocycles. The number of carbonyl (C=O) groups excluding carboxylic acids is 1. The van der Waals surface area contributed by atoms with Gasteiger partial charge in [0.1, 0.15) is 0 Å². The molecule has 7 nitrogen and oxygen atoms in total. The van der Waals surface area contributed by atoms with Gasteiger partial charge in [-0.3, -0.25) is 0 Å². The van der Waals surface area contributed by atoms with Gasteiger partial charge < -0.3 is 10.2 Å². The van der Waals surface area contributed by atoms with Gasteiger partial charge >= 0.3 is 6.03 Å². The minimum absolute atomic E-state index is 0.0267. The number of hydrogen-bond donors (Lipinski definition) is 1. The van der Waals surface area contributed by atoms with Gasteiger partial charge in [0.15, 0.2) is 0 Å². The van der Waals surface area contributed by atoms with Gasteiger partial charge in [-0.15, -0.1) is 0 Å². The highest BCUT2D eigenvalue weighted by atomic mass is 32.2. The van der Waals surface area contributed by atoms with Crippen LogP contribution in [0.3, 0.4) is 0 Å². The zero-order valence-corrected chi connectivity index (χ0v) is 17.4. The number of urea groups is 1. The van der Waals surface area contributed by atoms with Crippen molar-refractivity contribution in [2.24, 2.45) is 0 Å². The lowest BCUT2D eigenvalue weighted by Crippen LogP contribution is -2.56. The lowest BCUT2D eigenvalue weighted by atomic mass is 10.0. The van der Waals surface area contributed by atoms with Crippen molar-refractivity contribution in [3.63, 3.8) is 0 Å². The van der Waals surface area contributed by atoms with Gasteiger partial charge in [0.25, 0.3) is 10.2 Å². The fraction of sp³-hybridized carbons (Fsp3) is 0.632. The fourth-order valence-corrected chi connectivity index (χ4v) is 4.98. The molecule has 1 aromatic rings. The summed E-state index contributed by atoms with van der Waals surface area (Å²) in [5, 5.41) is 3.11. The first-order valence-corrected chi connectivity index (χ1v) is 11.2. The summed E-state index contributed by atoms with van der Waals surface area (Å²) in [6.45, 7) is 8.14. The molecule has 1 aromatic carbocycles. The molecule has 1 fully saturated rings. The molecule has 1 aliphatic rings. The lowest BCUT2D eigenvalue weighted by molar-refractivity contribution is 0.165. The molecule has 1 saturated heterocycles. The van der Waals surface area contributed by atoms with Crippen LogP contribution in [0.4, 0.5) is 4.79 Å². The summed E-state index contributed by atoms with van der Waals surface area (Å²) in [7, 11) is -3.44. The molecule has 0 radical (unpaired) electrons. The van der Waals surface area contributed by atoms with E-state index in [9.17, 15) is 13.2 Å². The lowest BCUT2D eigenvalue weighted by Gasteiger charge is -2.36. The monoisotopic (exact) mass is 396 g/mol. The largest absolute Gasteiger partial charge is 0.331 e. The Hall–Kier alpha value is -1.64. The molecule has 152 valence electrons. The Balaban J connectivity index is 1.96. The second-order valence-electron chi connectivity index (χ2n) is 6.68. The maximum absolute atomic E-state index is 12.7. The van der Waals surface area contributed by atoms with Crippen molar-refractivity contribution in [3.05, 3.63) is 35.9 Å². The Bertz CT molecular complexity index is 684. The molecular weight excluding hydrogens is 364 g/mol. The SMILES string of the molecule is CCC[C@@H](NC(=O)N1CCN(S(=O)(=O)N(CC)CC)CC1)c1ccccc1. The van der Waals surface area contributed by atoms with Crippen molar-refractivity contribution in [2.75, 3.05) is 39.3 Å². The third-order valence-electron chi connectivity index (χ3n) is 4.96. The molecule has 0 spiro atoms. The third-order valence-corrected chi connectivity index (χ3v) is 7.15. The molecule has 1 aliphatic heterocycles. The zero-order chi connectivity index (χ0) is 19.9. The van der Waals surface area contributed by atoms with E-state index < -0.39 is 10.2 Å². The standard InChI is InChI=1S/C19H32N4O3S/c1-4-10-18(17-11-8-7-9-12-17)20-19(24)21-13-15-23(16-14-21)27(25,26)22(5-2)6-3/h7-9,11-12,18H,4-6,10,13-16H2,1-3H3,(H,20,24)/t18-/m1/s1. The van der Waals surface area contributed by atoms with E-state index in [2.05, 4.69) is 12.2 Å². The average Bonchev–Trinajstić information content (AvgIpc) is 2.69. The van der Waals surface area contributed by atoms with Crippen molar-refractivity contribution in [1.82, 2.24) is 18.8 Å². The van der Waals surface area contributed by atoms with E-state index in [4.69, 9.17) is 0 Å². The molecule has 0 unspecified atom stereocenters. The summed E-state index contributed by atoms with van der Waals surface area (Å²) in [5.41, 5.74) is 1.09. The molecule has 1 N–H and O–H groups in total. The van der Waals surface area contributed by atoms with Crippen molar-refractivity contribution in [2.45, 2.75) is 39.7 Å². The zero-order valence-electron chi connectivity index (χ0n) is 16.6. The van der Waals surface area contributed by atoms with E-state index in [1.165, 1.54) is 8.61 Å². The van der Waals surface area contributed by atoms with E-state index in [0.717, 1.165) is 18.4 Å². The molecule has 0 bridgehead atoms. The molecule has 8 heteroatoms. The Labute approximate surface area is 163 Å². The van der Waals surface area contributed by atoms with Crippen LogP contribution in [-0.4, -0.2) is 67.2 Å². The smallest absolute Gasteiger partial charge is 0.317 e. The number of nitrogens with one attached hydrogen (secondary N) is 1. The van der Waals surface area contributed by atoms with Crippen molar-refractivity contribution >= 4 is 16.2 Å². The van der Waals surface area contributed by atoms with Crippen LogP contribution in [-0.2, 0) is 10.2 Å². The number of rotatable bonds is 8. The molecule has 1 heterocycles. The number of piperazine rings is 1. The second-order valence-corrected chi connectivity index (χ2v) is 8.61. The highest BCUT2D eigenvalue weighted by Gasteiger charge is 2.32. The highest BCUT2D eigenvalue weighted by Crippen LogP contribution is 2.19. The first kappa shape index (κ1) is 21.7. The average molecular weight is 397 g/mol. The normalized spacial score (nSPS) is 17.1. The van der Waals surface area contributed by atoms with E-state index in [0.29, 0.717) is 39.3 Å². The Kier molecular flexibility index (Phi) is 8.07. The van der Waals surface area contributed by atoms with Gasteiger partial charge in [-0.2, -0.15) is 17.0 Å². The number of carbonyl (C=O) groups is 1. The van der Waals surface area contributed by atoms with Crippen LogP contribution in [0.15, 0.2) is 30.3 Å². The molecule has 2 amide bonds. The van der Waals surface area contributed by atoms with Gasteiger partial charge in [-0.1, -0.05) is 57.5 Å². The minimum Gasteiger partial charge on any atom is -0.331 e. The minimum atomic E-state index is -3.44. The van der Waals surface area contributed by atoms with Crippen LogP contribution in [0.2, 0.25) is 0 Å². The molecule has 1 atom stereocenters. The third kappa shape index (κ3) is 5.43. The Morgan fingerprint density at radius 3 is 2.19 bits per heavy atom. The summed E-state index contributed by atoms with van der Waals surface area (Å²) in [4.78, 5) is 14.4. The van der Waals surface area contributed by atoms with Gasteiger partial charge in [0, 0.05) is 39.3 Å². The van der Waals surface area contributed by atoms with E-state index in [1.807, 2.05) is 44.2 Å². The molecule has 27 heavy (non-hydrogen) atoms. The number of hydrogen-bond acceptors (Lipinski definition) is 3. The summed E-state index contributed by atoms with van der Waals surface area (Å²) >= 11 is 0. The van der Waals surface area contributed by atoms with Crippen LogP contribution in [0.1, 0.15) is 45.2 Å². The highest BCUT2D eigenvalue weighted by molar-refractivity contribution is 7.86. The van der Waals surface area contributed by atoms with Crippen LogP contribution >= 0.6 is 0 Å². The van der Waals surface area contributed by atoms with E-state index in [-0.39, 0.29) is 12.1 Å². The Morgan fingerprint density at radius 1 is 1.07 bits per heavy atom. The molecule has 0 aliphatic carbocycles. The van der Waals surface area contributed by atoms with Crippen molar-refractivity contribution < 1.29 is 13.2 Å². The predicted octanol–water partition coefficient (Wildman–Crippen LogP) is 2.44. The van der Waals surface area contributed by atoms with E-state index >= 15 is 0 Å². The van der Waals surface area contributed by atoms with Crippen LogP contribution in [0.5, 0.6) is 0 Å². The predicted molar refractivity (Wildman–Crippen MR) is 108 cm³/mol. The van der Waals surface area contributed by atoms with Crippen LogP contribution in [0.25, 0.3) is 0 Å². The summed E-state index contributed by atoms with van der Waals surface area (Å²) in [5.74, 6) is 0. The molecule has 0 aromatic heterocycles. The van der Waals surface area contributed by atoms with Crippen LogP contribution in [0, 0.1) is 0 Å². The maximum Gasteiger partial charge on any atom is 0.317 e. The van der Waals surface area contributed by atoms with Crippen molar-refractivity contribution in [1.29, 1.82) is 0 Å². The molecular formula is C19H32N4O3S. The number of nitrogens with zero attached hydrogens (tertiary/aromatic N) is 3. The topological polar surface area (TPSA) is 73.0 Å². The summed E-state index contributed by atoms with van der Waals surface area (Å²) in [6, 6.07) is 9.80.